The van der Waals surface area contributed by atoms with Gasteiger partial charge >= 0.3 is 0 Å². The van der Waals surface area contributed by atoms with Gasteiger partial charge in [0.25, 0.3) is 0 Å². The second-order valence-electron chi connectivity index (χ2n) is 5.75. The summed E-state index contributed by atoms with van der Waals surface area (Å²) in [4.78, 5) is 16.5. The first kappa shape index (κ1) is 20.5. The van der Waals surface area contributed by atoms with E-state index in [0.29, 0.717) is 16.4 Å². The number of hydrogen-bond donors (Lipinski definition) is 2. The fourth-order valence-corrected chi connectivity index (χ4v) is 3.95. The van der Waals surface area contributed by atoms with E-state index in [-0.39, 0.29) is 10.8 Å². The van der Waals surface area contributed by atoms with E-state index in [1.165, 1.54) is 19.2 Å². The summed E-state index contributed by atoms with van der Waals surface area (Å²) in [5.74, 6) is -0.168. The van der Waals surface area contributed by atoms with Crippen molar-refractivity contribution in [1.29, 1.82) is 0 Å². The smallest absolute Gasteiger partial charge is 0.249 e. The number of nitrogens with one attached hydrogen (secondary N) is 2. The van der Waals surface area contributed by atoms with Crippen LogP contribution in [0.2, 0.25) is 5.02 Å². The highest BCUT2D eigenvalue weighted by Gasteiger charge is 2.23. The Labute approximate surface area is 175 Å². The number of benzene rings is 2. The van der Waals surface area contributed by atoms with Gasteiger partial charge in [0.15, 0.2) is 5.82 Å². The second-order valence-corrected chi connectivity index (χ2v) is 9.12. The van der Waals surface area contributed by atoms with Gasteiger partial charge in [-0.05, 0) is 36.4 Å². The number of halogens is 2. The topological polar surface area (TPSA) is 108 Å². The zero-order valence-electron chi connectivity index (χ0n) is 14.6. The van der Waals surface area contributed by atoms with Crippen molar-refractivity contribution >= 4 is 49.4 Å². The van der Waals surface area contributed by atoms with Gasteiger partial charge in [-0.15, -0.1) is 5.10 Å². The Morgan fingerprint density at radius 3 is 2.57 bits per heavy atom. The maximum Gasteiger partial charge on any atom is 0.249 e. The van der Waals surface area contributed by atoms with Crippen molar-refractivity contribution < 1.29 is 13.2 Å². The molecule has 3 aromatic rings. The molecule has 0 aliphatic carbocycles. The molecule has 1 aromatic heterocycles. The minimum absolute atomic E-state index is 0.0226. The molecule has 0 saturated heterocycles. The number of aromatic nitrogens is 3. The number of likely N-dealkylation sites (N-methyl/N-ethyl adjacent to an activating group) is 1. The van der Waals surface area contributed by atoms with E-state index in [2.05, 4.69) is 36.4 Å². The van der Waals surface area contributed by atoms with Crippen molar-refractivity contribution in [1.82, 2.24) is 19.5 Å². The Morgan fingerprint density at radius 1 is 1.21 bits per heavy atom. The molecule has 0 unspecified atom stereocenters. The van der Waals surface area contributed by atoms with Gasteiger partial charge < -0.3 is 0 Å². The average Bonchev–Trinajstić information content (AvgIpc) is 3.10. The number of sulfonamides is 1. The number of carbonyl (C=O) groups excluding carboxylic acids is 1. The number of rotatable bonds is 6. The van der Waals surface area contributed by atoms with Crippen LogP contribution in [0.5, 0.6) is 0 Å². The van der Waals surface area contributed by atoms with Crippen molar-refractivity contribution in [3.63, 3.8) is 0 Å². The lowest BCUT2D eigenvalue weighted by Crippen LogP contribution is -2.35. The zero-order chi connectivity index (χ0) is 20.3. The molecule has 3 rings (SSSR count). The van der Waals surface area contributed by atoms with Crippen LogP contribution in [0.25, 0.3) is 11.4 Å². The summed E-state index contributed by atoms with van der Waals surface area (Å²) >= 11 is 9.36. The standard InChI is InChI=1S/C17H15BrClN5O3S/c1-24(28(26,27)12-8-6-11(18)7-9-12)10-15(25)20-17-21-16(22-23-17)13-4-2-3-5-14(13)19/h2-9H,10H2,1H3,(H2,20,21,22,23,25). The second kappa shape index (κ2) is 8.39. The summed E-state index contributed by atoms with van der Waals surface area (Å²) in [6, 6.07) is 13.2. The number of aromatic amines is 1. The Hall–Kier alpha value is -2.27. The van der Waals surface area contributed by atoms with Gasteiger partial charge in [-0.25, -0.2) is 8.42 Å². The van der Waals surface area contributed by atoms with Gasteiger partial charge in [-0.3, -0.25) is 15.2 Å². The van der Waals surface area contributed by atoms with Crippen LogP contribution in [0.3, 0.4) is 0 Å². The van der Waals surface area contributed by atoms with Crippen molar-refractivity contribution in [2.24, 2.45) is 0 Å². The molecule has 0 aliphatic rings. The summed E-state index contributed by atoms with van der Waals surface area (Å²) in [6.45, 7) is -0.394. The SMILES string of the molecule is CN(CC(=O)Nc1n[nH]c(-c2ccccc2Cl)n1)S(=O)(=O)c1ccc(Br)cc1. The number of amides is 1. The van der Waals surface area contributed by atoms with E-state index >= 15 is 0 Å². The van der Waals surface area contributed by atoms with Crippen LogP contribution in [0.1, 0.15) is 0 Å². The fraction of sp³-hybridized carbons (Fsp3) is 0.118. The van der Waals surface area contributed by atoms with E-state index < -0.39 is 22.5 Å². The molecule has 0 atom stereocenters. The van der Waals surface area contributed by atoms with E-state index in [0.717, 1.165) is 8.78 Å². The molecule has 0 spiro atoms. The van der Waals surface area contributed by atoms with Crippen molar-refractivity contribution in [2.45, 2.75) is 4.90 Å². The molecule has 0 fully saturated rings. The van der Waals surface area contributed by atoms with E-state index in [9.17, 15) is 13.2 Å². The normalized spacial score (nSPS) is 11.6. The molecule has 1 amide bonds. The number of hydrogen-bond acceptors (Lipinski definition) is 5. The number of nitrogens with zero attached hydrogens (tertiary/aromatic N) is 3. The van der Waals surface area contributed by atoms with E-state index in [1.54, 1.807) is 36.4 Å². The first-order chi connectivity index (χ1) is 13.3. The fourth-order valence-electron chi connectivity index (χ4n) is 2.33. The van der Waals surface area contributed by atoms with Crippen LogP contribution in [-0.4, -0.2) is 47.4 Å². The molecule has 0 aliphatic heterocycles. The third kappa shape index (κ3) is 4.58. The van der Waals surface area contributed by atoms with E-state index in [4.69, 9.17) is 11.6 Å². The van der Waals surface area contributed by atoms with Crippen molar-refractivity contribution in [2.75, 3.05) is 18.9 Å². The molecule has 0 radical (unpaired) electrons. The lowest BCUT2D eigenvalue weighted by Gasteiger charge is -2.16. The largest absolute Gasteiger partial charge is 0.292 e. The molecule has 11 heteroatoms. The first-order valence-corrected chi connectivity index (χ1v) is 10.6. The maximum atomic E-state index is 12.5. The van der Waals surface area contributed by atoms with Gasteiger partial charge in [0.2, 0.25) is 21.9 Å². The summed E-state index contributed by atoms with van der Waals surface area (Å²) in [5, 5.41) is 9.55. The van der Waals surface area contributed by atoms with Crippen LogP contribution in [-0.2, 0) is 14.8 Å². The minimum Gasteiger partial charge on any atom is -0.292 e. The van der Waals surface area contributed by atoms with Crippen LogP contribution >= 0.6 is 27.5 Å². The molecule has 1 heterocycles. The van der Waals surface area contributed by atoms with E-state index in [1.807, 2.05) is 0 Å². The number of anilines is 1. The predicted octanol–water partition coefficient (Wildman–Crippen LogP) is 3.15. The van der Waals surface area contributed by atoms with Gasteiger partial charge in [-0.1, -0.05) is 39.7 Å². The maximum absolute atomic E-state index is 12.5. The van der Waals surface area contributed by atoms with Crippen LogP contribution in [0.15, 0.2) is 57.9 Å². The monoisotopic (exact) mass is 483 g/mol. The zero-order valence-corrected chi connectivity index (χ0v) is 17.7. The van der Waals surface area contributed by atoms with Crippen LogP contribution < -0.4 is 5.32 Å². The molecular weight excluding hydrogens is 470 g/mol. The van der Waals surface area contributed by atoms with Crippen molar-refractivity contribution in [3.8, 4) is 11.4 Å². The number of H-pyrrole nitrogens is 1. The minimum atomic E-state index is -3.80. The molecule has 2 N–H and O–H groups in total. The first-order valence-electron chi connectivity index (χ1n) is 7.96. The Morgan fingerprint density at radius 2 is 1.89 bits per heavy atom. The highest BCUT2D eigenvalue weighted by molar-refractivity contribution is 9.10. The average molecular weight is 485 g/mol. The molecule has 8 nitrogen and oxygen atoms in total. The van der Waals surface area contributed by atoms with Gasteiger partial charge in [-0.2, -0.15) is 9.29 Å². The Kier molecular flexibility index (Phi) is 6.14. The third-order valence-electron chi connectivity index (χ3n) is 3.75. The summed E-state index contributed by atoms with van der Waals surface area (Å²) in [6.07, 6.45) is 0. The van der Waals surface area contributed by atoms with Crippen LogP contribution in [0.4, 0.5) is 5.95 Å². The molecule has 146 valence electrons. The molecule has 28 heavy (non-hydrogen) atoms. The quantitative estimate of drug-likeness (QED) is 0.559. The summed E-state index contributed by atoms with van der Waals surface area (Å²) in [5.41, 5.74) is 0.632. The van der Waals surface area contributed by atoms with Gasteiger partial charge in [0.05, 0.1) is 16.5 Å². The Bertz CT molecular complexity index is 1100. The van der Waals surface area contributed by atoms with Gasteiger partial charge in [0, 0.05) is 17.1 Å². The Balaban J connectivity index is 1.67. The van der Waals surface area contributed by atoms with Gasteiger partial charge in [0.1, 0.15) is 0 Å². The van der Waals surface area contributed by atoms with Crippen LogP contribution in [0, 0.1) is 0 Å². The summed E-state index contributed by atoms with van der Waals surface area (Å²) in [7, 11) is -2.48. The molecule has 0 bridgehead atoms. The highest BCUT2D eigenvalue weighted by Crippen LogP contribution is 2.25. The lowest BCUT2D eigenvalue weighted by atomic mass is 10.2. The third-order valence-corrected chi connectivity index (χ3v) is 6.43. The molecular formula is C17H15BrClN5O3S. The number of carbonyl (C=O) groups is 1. The van der Waals surface area contributed by atoms with Crippen molar-refractivity contribution in [3.05, 3.63) is 58.0 Å². The lowest BCUT2D eigenvalue weighted by molar-refractivity contribution is -0.116. The molecule has 0 saturated carbocycles. The summed E-state index contributed by atoms with van der Waals surface area (Å²) < 4.78 is 26.8. The highest BCUT2D eigenvalue weighted by atomic mass is 79.9. The molecule has 2 aromatic carbocycles. The predicted molar refractivity (Wildman–Crippen MR) is 109 cm³/mol.